The molecule has 0 bridgehead atoms. The van der Waals surface area contributed by atoms with Crippen molar-refractivity contribution in [3.8, 4) is 0 Å². The predicted octanol–water partition coefficient (Wildman–Crippen LogP) is 6.06. The third-order valence-electron chi connectivity index (χ3n) is 3.98. The maximum absolute atomic E-state index is 6.11. The molecule has 1 aromatic rings. The van der Waals surface area contributed by atoms with Gasteiger partial charge in [0.1, 0.15) is 5.60 Å². The molecule has 0 aliphatic heterocycles. The van der Waals surface area contributed by atoms with Crippen molar-refractivity contribution < 1.29 is 4.74 Å². The molecule has 112 valence electrons. The van der Waals surface area contributed by atoms with Crippen LogP contribution in [0.1, 0.15) is 65.9 Å². The molecule has 0 radical (unpaired) electrons. The van der Waals surface area contributed by atoms with Crippen LogP contribution in [0.3, 0.4) is 0 Å². The monoisotopic (exact) mass is 274 g/mol. The average molecular weight is 274 g/mol. The number of hydrogen-bond donors (Lipinski definition) is 0. The van der Waals surface area contributed by atoms with Crippen LogP contribution in [0.25, 0.3) is 5.57 Å². The average Bonchev–Trinajstić information content (AvgIpc) is 2.45. The maximum atomic E-state index is 6.11. The molecule has 0 amide bonds. The first-order valence-electron chi connectivity index (χ1n) is 7.87. The van der Waals surface area contributed by atoms with Crippen LogP contribution in [0.5, 0.6) is 0 Å². The summed E-state index contributed by atoms with van der Waals surface area (Å²) >= 11 is 0. The summed E-state index contributed by atoms with van der Waals surface area (Å²) in [4.78, 5) is 0. The summed E-state index contributed by atoms with van der Waals surface area (Å²) < 4.78 is 6.11. The van der Waals surface area contributed by atoms with Gasteiger partial charge in [-0.15, -0.1) is 0 Å². The minimum Gasteiger partial charge on any atom is -0.495 e. The van der Waals surface area contributed by atoms with Gasteiger partial charge >= 0.3 is 0 Å². The Morgan fingerprint density at radius 1 is 1.25 bits per heavy atom. The van der Waals surface area contributed by atoms with Crippen LogP contribution < -0.4 is 0 Å². The summed E-state index contributed by atoms with van der Waals surface area (Å²) in [5.41, 5.74) is 2.38. The fourth-order valence-electron chi connectivity index (χ4n) is 2.20. The predicted molar refractivity (Wildman–Crippen MR) is 88.6 cm³/mol. The number of allylic oxidation sites excluding steroid dienone is 1. The van der Waals surface area contributed by atoms with Crippen molar-refractivity contribution in [2.24, 2.45) is 5.92 Å². The zero-order valence-electron chi connectivity index (χ0n) is 13.8. The van der Waals surface area contributed by atoms with Crippen molar-refractivity contribution in [3.05, 3.63) is 42.2 Å². The molecule has 0 spiro atoms. The first kappa shape index (κ1) is 16.8. The van der Waals surface area contributed by atoms with Crippen molar-refractivity contribution in [3.63, 3.8) is 0 Å². The Bertz CT molecular complexity index is 405. The molecule has 0 saturated carbocycles. The zero-order valence-corrected chi connectivity index (χ0v) is 13.8. The Kier molecular flexibility index (Phi) is 6.84. The first-order valence-corrected chi connectivity index (χ1v) is 7.87. The molecule has 0 saturated heterocycles. The first-order chi connectivity index (χ1) is 9.47. The largest absolute Gasteiger partial charge is 0.495 e. The third kappa shape index (κ3) is 5.81. The quantitative estimate of drug-likeness (QED) is 0.524. The van der Waals surface area contributed by atoms with E-state index in [2.05, 4.69) is 58.9 Å². The van der Waals surface area contributed by atoms with E-state index >= 15 is 0 Å². The molecule has 1 unspecified atom stereocenters. The van der Waals surface area contributed by atoms with Crippen LogP contribution in [0.2, 0.25) is 0 Å². The van der Waals surface area contributed by atoms with Crippen molar-refractivity contribution in [2.45, 2.75) is 65.9 Å². The number of rotatable bonds is 8. The highest BCUT2D eigenvalue weighted by molar-refractivity contribution is 5.62. The molecule has 0 N–H and O–H groups in total. The van der Waals surface area contributed by atoms with E-state index in [0.717, 1.165) is 18.8 Å². The van der Waals surface area contributed by atoms with Crippen molar-refractivity contribution in [1.29, 1.82) is 0 Å². The van der Waals surface area contributed by atoms with Gasteiger partial charge in [0.2, 0.25) is 0 Å². The SMILES string of the molecule is CCC(C)(CCCC(C)C)O/C=C(\C)c1ccccc1. The van der Waals surface area contributed by atoms with Crippen LogP contribution in [-0.2, 0) is 4.74 Å². The number of ether oxygens (including phenoxy) is 1. The van der Waals surface area contributed by atoms with Crippen molar-refractivity contribution >= 4 is 5.57 Å². The van der Waals surface area contributed by atoms with E-state index in [-0.39, 0.29) is 5.60 Å². The topological polar surface area (TPSA) is 9.23 Å². The Balaban J connectivity index is 2.59. The molecule has 20 heavy (non-hydrogen) atoms. The van der Waals surface area contributed by atoms with Crippen molar-refractivity contribution in [1.82, 2.24) is 0 Å². The molecular formula is C19H30O. The Labute approximate surface area is 125 Å². The lowest BCUT2D eigenvalue weighted by Crippen LogP contribution is -2.25. The lowest BCUT2D eigenvalue weighted by molar-refractivity contribution is 0.0254. The molecule has 1 aromatic carbocycles. The van der Waals surface area contributed by atoms with Gasteiger partial charge in [-0.05, 0) is 50.2 Å². The number of benzene rings is 1. The summed E-state index contributed by atoms with van der Waals surface area (Å²) in [5, 5.41) is 0. The lowest BCUT2D eigenvalue weighted by atomic mass is 9.93. The van der Waals surface area contributed by atoms with Gasteiger partial charge in [-0.1, -0.05) is 57.5 Å². The molecule has 0 aliphatic carbocycles. The fourth-order valence-corrected chi connectivity index (χ4v) is 2.20. The molecule has 1 heteroatoms. The highest BCUT2D eigenvalue weighted by Gasteiger charge is 2.22. The van der Waals surface area contributed by atoms with E-state index in [4.69, 9.17) is 4.74 Å². The molecule has 0 aliphatic rings. The normalized spacial score (nSPS) is 15.2. The summed E-state index contributed by atoms with van der Waals surface area (Å²) in [6.07, 6.45) is 6.62. The molecule has 0 heterocycles. The van der Waals surface area contributed by atoms with Gasteiger partial charge in [0, 0.05) is 0 Å². The Hall–Kier alpha value is -1.24. The smallest absolute Gasteiger partial charge is 0.105 e. The summed E-state index contributed by atoms with van der Waals surface area (Å²) in [7, 11) is 0. The van der Waals surface area contributed by atoms with E-state index in [1.807, 2.05) is 12.3 Å². The van der Waals surface area contributed by atoms with Crippen LogP contribution in [0.15, 0.2) is 36.6 Å². The molecule has 0 aromatic heterocycles. The summed E-state index contributed by atoms with van der Waals surface area (Å²) in [6, 6.07) is 10.4. The van der Waals surface area contributed by atoms with Gasteiger partial charge in [0.25, 0.3) is 0 Å². The molecule has 0 fully saturated rings. The maximum Gasteiger partial charge on any atom is 0.105 e. The second-order valence-corrected chi connectivity index (χ2v) is 6.37. The van der Waals surface area contributed by atoms with Gasteiger partial charge in [-0.25, -0.2) is 0 Å². The van der Waals surface area contributed by atoms with Gasteiger partial charge in [-0.3, -0.25) is 0 Å². The Morgan fingerprint density at radius 2 is 1.90 bits per heavy atom. The highest BCUT2D eigenvalue weighted by atomic mass is 16.5. The van der Waals surface area contributed by atoms with E-state index in [1.54, 1.807) is 0 Å². The van der Waals surface area contributed by atoms with E-state index in [9.17, 15) is 0 Å². The molecular weight excluding hydrogens is 244 g/mol. The summed E-state index contributed by atoms with van der Waals surface area (Å²) in [6.45, 7) is 11.1. The standard InChI is InChI=1S/C19H30O/c1-6-19(5,14-10-11-16(2)3)20-15-17(4)18-12-8-7-9-13-18/h7-9,12-13,15-16H,6,10-11,14H2,1-5H3/b17-15+. The lowest BCUT2D eigenvalue weighted by Gasteiger charge is -2.28. The fraction of sp³-hybridized carbons (Fsp3) is 0.579. The third-order valence-corrected chi connectivity index (χ3v) is 3.98. The van der Waals surface area contributed by atoms with Crippen molar-refractivity contribution in [2.75, 3.05) is 0 Å². The van der Waals surface area contributed by atoms with Gasteiger partial charge in [0.15, 0.2) is 0 Å². The van der Waals surface area contributed by atoms with E-state index in [1.165, 1.54) is 24.0 Å². The van der Waals surface area contributed by atoms with Crippen LogP contribution in [-0.4, -0.2) is 5.60 Å². The second-order valence-electron chi connectivity index (χ2n) is 6.37. The Morgan fingerprint density at radius 3 is 2.45 bits per heavy atom. The molecule has 1 rings (SSSR count). The summed E-state index contributed by atoms with van der Waals surface area (Å²) in [5.74, 6) is 0.776. The molecule has 1 atom stereocenters. The van der Waals surface area contributed by atoms with Crippen LogP contribution >= 0.6 is 0 Å². The van der Waals surface area contributed by atoms with Gasteiger partial charge in [0.05, 0.1) is 6.26 Å². The van der Waals surface area contributed by atoms with Crippen LogP contribution in [0, 0.1) is 5.92 Å². The highest BCUT2D eigenvalue weighted by Crippen LogP contribution is 2.26. The van der Waals surface area contributed by atoms with Crippen LogP contribution in [0.4, 0.5) is 0 Å². The van der Waals surface area contributed by atoms with E-state index < -0.39 is 0 Å². The zero-order chi connectivity index (χ0) is 15.0. The minimum atomic E-state index is -0.0368. The molecule has 1 nitrogen and oxygen atoms in total. The van der Waals surface area contributed by atoms with Gasteiger partial charge in [-0.2, -0.15) is 0 Å². The van der Waals surface area contributed by atoms with Gasteiger partial charge < -0.3 is 4.74 Å². The number of hydrogen-bond acceptors (Lipinski definition) is 1. The second kappa shape index (κ2) is 8.14. The minimum absolute atomic E-state index is 0.0368. The van der Waals surface area contributed by atoms with E-state index in [0.29, 0.717) is 0 Å².